The van der Waals surface area contributed by atoms with Gasteiger partial charge in [-0.3, -0.25) is 0 Å². The molecule has 3 N–H and O–H groups in total. The molecule has 1 heterocycles. The maximum absolute atomic E-state index is 12.2. The van der Waals surface area contributed by atoms with Crippen LogP contribution in [-0.2, 0) is 10.0 Å². The number of anilines is 1. The topological polar surface area (TPSA) is 110 Å². The van der Waals surface area contributed by atoms with Gasteiger partial charge in [-0.15, -0.1) is 12.6 Å². The molecule has 7 nitrogen and oxygen atoms in total. The summed E-state index contributed by atoms with van der Waals surface area (Å²) in [6, 6.07) is 10.0. The van der Waals surface area contributed by atoms with Gasteiger partial charge in [0.1, 0.15) is 10.6 Å². The maximum atomic E-state index is 12.2. The Hall–Kier alpha value is -2.23. The van der Waals surface area contributed by atoms with E-state index in [1.54, 1.807) is 30.3 Å². The van der Waals surface area contributed by atoms with E-state index < -0.39 is 20.9 Å². The molecule has 138 valence electrons. The van der Waals surface area contributed by atoms with E-state index in [9.17, 15) is 18.3 Å². The number of nitrogens with zero attached hydrogens (tertiary/aromatic N) is 1. The van der Waals surface area contributed by atoms with E-state index in [1.807, 2.05) is 4.90 Å². The number of carboxylic acid groups (broad SMARTS) is 1. The van der Waals surface area contributed by atoms with E-state index in [1.165, 1.54) is 6.07 Å². The molecule has 0 aromatic heterocycles. The molecule has 9 heteroatoms. The largest absolute Gasteiger partial charge is 0.478 e. The highest BCUT2D eigenvalue weighted by atomic mass is 32.2. The molecule has 0 atom stereocenters. The molecular formula is C17H18N2O5S2. The lowest BCUT2D eigenvalue weighted by Crippen LogP contribution is -2.22. The van der Waals surface area contributed by atoms with Gasteiger partial charge in [0.05, 0.1) is 11.3 Å². The number of sulfonamides is 1. The van der Waals surface area contributed by atoms with E-state index in [4.69, 9.17) is 9.88 Å². The molecular weight excluding hydrogens is 376 g/mol. The fourth-order valence-electron chi connectivity index (χ4n) is 2.94. The number of nitrogens with two attached hydrogens (primary N) is 1. The second-order valence-electron chi connectivity index (χ2n) is 5.91. The molecule has 3 rings (SSSR count). The number of carboxylic acids is 1. The van der Waals surface area contributed by atoms with Crippen molar-refractivity contribution in [2.24, 2.45) is 5.14 Å². The van der Waals surface area contributed by atoms with Gasteiger partial charge in [0, 0.05) is 18.0 Å². The first-order valence-electron chi connectivity index (χ1n) is 7.93. The highest BCUT2D eigenvalue weighted by Gasteiger charge is 2.30. The van der Waals surface area contributed by atoms with Gasteiger partial charge in [-0.05, 0) is 31.0 Å². The van der Waals surface area contributed by atoms with Crippen LogP contribution in [0.4, 0.5) is 5.69 Å². The Morgan fingerprint density at radius 2 is 1.81 bits per heavy atom. The van der Waals surface area contributed by atoms with E-state index in [0.29, 0.717) is 24.5 Å². The first-order chi connectivity index (χ1) is 12.3. The summed E-state index contributed by atoms with van der Waals surface area (Å²) in [6.07, 6.45) is 1.83. The minimum Gasteiger partial charge on any atom is -0.478 e. The number of aromatic carboxylic acids is 1. The molecule has 0 bridgehead atoms. The standard InChI is InChI=1S/C17H18N2O5S2/c18-26(22,23)16-14(24-11-6-2-1-3-7-11)13(19-8-4-5-9-19)10-12(15(16)25)17(20)21/h1-3,6-7,10,25H,4-5,8-9H2,(H,20,21)(H2,18,22,23). The van der Waals surface area contributed by atoms with Crippen molar-refractivity contribution in [3.05, 3.63) is 42.0 Å². The van der Waals surface area contributed by atoms with E-state index in [0.717, 1.165) is 12.8 Å². The van der Waals surface area contributed by atoms with E-state index in [2.05, 4.69) is 12.6 Å². The zero-order valence-electron chi connectivity index (χ0n) is 13.8. The van der Waals surface area contributed by atoms with Gasteiger partial charge in [-0.1, -0.05) is 18.2 Å². The third-order valence-corrected chi connectivity index (χ3v) is 5.69. The number of hydrogen-bond acceptors (Lipinski definition) is 6. The summed E-state index contributed by atoms with van der Waals surface area (Å²) < 4.78 is 30.3. The van der Waals surface area contributed by atoms with Crippen LogP contribution in [0.25, 0.3) is 0 Å². The molecule has 1 fully saturated rings. The lowest BCUT2D eigenvalue weighted by molar-refractivity contribution is 0.0692. The van der Waals surface area contributed by atoms with Crippen LogP contribution >= 0.6 is 12.6 Å². The molecule has 0 spiro atoms. The minimum atomic E-state index is -4.28. The summed E-state index contributed by atoms with van der Waals surface area (Å²) in [5.74, 6) is -0.879. The Bertz CT molecular complexity index is 939. The number of benzene rings is 2. The molecule has 26 heavy (non-hydrogen) atoms. The molecule has 1 aliphatic heterocycles. The molecule has 1 saturated heterocycles. The van der Waals surface area contributed by atoms with Gasteiger partial charge >= 0.3 is 5.97 Å². The van der Waals surface area contributed by atoms with Crippen molar-refractivity contribution >= 4 is 34.3 Å². The fourth-order valence-corrected chi connectivity index (χ4v) is 4.37. The summed E-state index contributed by atoms with van der Waals surface area (Å²) in [4.78, 5) is 12.8. The van der Waals surface area contributed by atoms with E-state index in [-0.39, 0.29) is 16.2 Å². The van der Waals surface area contributed by atoms with Crippen molar-refractivity contribution in [3.63, 3.8) is 0 Å². The summed E-state index contributed by atoms with van der Waals surface area (Å²) in [6.45, 7) is 1.33. The summed E-state index contributed by atoms with van der Waals surface area (Å²) >= 11 is 4.13. The molecule has 0 amide bonds. The SMILES string of the molecule is NS(=O)(=O)c1c(S)c(C(=O)O)cc(N2CCCC2)c1Oc1ccccc1. The maximum Gasteiger partial charge on any atom is 0.336 e. The first kappa shape index (κ1) is 18.6. The summed E-state index contributed by atoms with van der Waals surface area (Å²) in [7, 11) is -4.28. The van der Waals surface area contributed by atoms with Gasteiger partial charge in [-0.25, -0.2) is 18.4 Å². The van der Waals surface area contributed by atoms with Gasteiger partial charge in [0.15, 0.2) is 5.75 Å². The van der Waals surface area contributed by atoms with Crippen LogP contribution < -0.4 is 14.8 Å². The zero-order chi connectivity index (χ0) is 18.9. The highest BCUT2D eigenvalue weighted by Crippen LogP contribution is 2.44. The molecule has 1 aliphatic rings. The third-order valence-electron chi connectivity index (χ3n) is 4.11. The van der Waals surface area contributed by atoms with Crippen molar-refractivity contribution in [2.45, 2.75) is 22.6 Å². The summed E-state index contributed by atoms with van der Waals surface area (Å²) in [5.41, 5.74) is 0.144. The quantitative estimate of drug-likeness (QED) is 0.673. The van der Waals surface area contributed by atoms with Crippen LogP contribution in [0.3, 0.4) is 0 Å². The van der Waals surface area contributed by atoms with Gasteiger partial charge in [0.25, 0.3) is 0 Å². The van der Waals surface area contributed by atoms with E-state index >= 15 is 0 Å². The molecule has 0 unspecified atom stereocenters. The van der Waals surface area contributed by atoms with Crippen molar-refractivity contribution in [1.29, 1.82) is 0 Å². The molecule has 2 aromatic rings. The van der Waals surface area contributed by atoms with Gasteiger partial charge < -0.3 is 14.7 Å². The van der Waals surface area contributed by atoms with Crippen LogP contribution in [0.1, 0.15) is 23.2 Å². The Morgan fingerprint density at radius 1 is 1.19 bits per heavy atom. The van der Waals surface area contributed by atoms with Crippen molar-refractivity contribution in [1.82, 2.24) is 0 Å². The fraction of sp³-hybridized carbons (Fsp3) is 0.235. The van der Waals surface area contributed by atoms with Crippen molar-refractivity contribution in [3.8, 4) is 11.5 Å². The molecule has 0 radical (unpaired) electrons. The lowest BCUT2D eigenvalue weighted by Gasteiger charge is -2.24. The number of ether oxygens (including phenoxy) is 1. The van der Waals surface area contributed by atoms with Crippen molar-refractivity contribution < 1.29 is 23.1 Å². The van der Waals surface area contributed by atoms with Crippen LogP contribution in [0.5, 0.6) is 11.5 Å². The molecule has 0 saturated carbocycles. The highest BCUT2D eigenvalue weighted by molar-refractivity contribution is 7.90. The average Bonchev–Trinajstić information content (AvgIpc) is 3.08. The number of thiol groups is 1. The average molecular weight is 394 g/mol. The molecule has 2 aromatic carbocycles. The van der Waals surface area contributed by atoms with Crippen LogP contribution in [0.15, 0.2) is 46.2 Å². The third kappa shape index (κ3) is 3.64. The number of para-hydroxylation sites is 1. The Kier molecular flexibility index (Phi) is 5.12. The first-order valence-corrected chi connectivity index (χ1v) is 9.92. The Morgan fingerprint density at radius 3 is 2.35 bits per heavy atom. The zero-order valence-corrected chi connectivity index (χ0v) is 15.5. The second-order valence-corrected chi connectivity index (χ2v) is 7.86. The smallest absolute Gasteiger partial charge is 0.336 e. The van der Waals surface area contributed by atoms with Crippen LogP contribution in [0.2, 0.25) is 0 Å². The van der Waals surface area contributed by atoms with Gasteiger partial charge in [-0.2, -0.15) is 0 Å². The predicted molar refractivity (Wildman–Crippen MR) is 100.0 cm³/mol. The number of primary sulfonamides is 1. The number of carbonyl (C=O) groups is 1. The summed E-state index contributed by atoms with van der Waals surface area (Å²) in [5, 5.41) is 14.8. The van der Waals surface area contributed by atoms with Crippen LogP contribution in [0, 0.1) is 0 Å². The normalized spacial score (nSPS) is 14.5. The number of rotatable bonds is 5. The van der Waals surface area contributed by atoms with Crippen LogP contribution in [-0.4, -0.2) is 32.6 Å². The molecule has 0 aliphatic carbocycles. The number of hydrogen-bond donors (Lipinski definition) is 3. The minimum absolute atomic E-state index is 0.00407. The van der Waals surface area contributed by atoms with Gasteiger partial charge in [0.2, 0.25) is 10.0 Å². The monoisotopic (exact) mass is 394 g/mol. The Balaban J connectivity index is 2.29. The predicted octanol–water partition coefficient (Wildman–Crippen LogP) is 2.71. The lowest BCUT2D eigenvalue weighted by atomic mass is 10.1. The Labute approximate surface area is 156 Å². The second kappa shape index (κ2) is 7.18. The van der Waals surface area contributed by atoms with Crippen molar-refractivity contribution in [2.75, 3.05) is 18.0 Å².